The van der Waals surface area contributed by atoms with Crippen molar-refractivity contribution in [3.63, 3.8) is 0 Å². The van der Waals surface area contributed by atoms with Crippen LogP contribution in [0.15, 0.2) is 53.6 Å². The second-order valence-corrected chi connectivity index (χ2v) is 4.09. The number of benzene rings is 2. The largest absolute Gasteiger partial charge is 0.545 e. The van der Waals surface area contributed by atoms with E-state index < -0.39 is 17.7 Å². The summed E-state index contributed by atoms with van der Waals surface area (Å²) in [5, 5.41) is 14.2. The lowest BCUT2D eigenvalue weighted by molar-refractivity contribution is -0.255. The van der Waals surface area contributed by atoms with E-state index in [0.29, 0.717) is 5.56 Å². The molecule has 2 aromatic rings. The number of nitrogens with one attached hydrogen (secondary N) is 1. The van der Waals surface area contributed by atoms with Gasteiger partial charge in [-0.1, -0.05) is 36.4 Å². The number of aromatic carboxylic acids is 1. The van der Waals surface area contributed by atoms with Gasteiger partial charge in [0.05, 0.1) is 17.7 Å². The van der Waals surface area contributed by atoms with Crippen LogP contribution in [0.4, 0.5) is 4.39 Å². The van der Waals surface area contributed by atoms with Crippen LogP contribution in [0.5, 0.6) is 0 Å². The molecule has 0 aromatic heterocycles. The van der Waals surface area contributed by atoms with Crippen LogP contribution in [-0.4, -0.2) is 18.1 Å². The van der Waals surface area contributed by atoms with Crippen molar-refractivity contribution in [3.8, 4) is 0 Å². The Morgan fingerprint density at radius 3 is 2.38 bits per heavy atom. The Hall–Kier alpha value is -3.02. The Labute approximate surface area is 119 Å². The Morgan fingerprint density at radius 2 is 1.76 bits per heavy atom. The predicted octanol–water partition coefficient (Wildman–Crippen LogP) is 0.953. The third-order valence-electron chi connectivity index (χ3n) is 2.64. The Balaban J connectivity index is 2.01. The number of rotatable bonds is 4. The van der Waals surface area contributed by atoms with Crippen molar-refractivity contribution in [2.45, 2.75) is 0 Å². The summed E-state index contributed by atoms with van der Waals surface area (Å²) in [6.07, 6.45) is 1.32. The first-order valence-electron chi connectivity index (χ1n) is 5.97. The number of carbonyl (C=O) groups is 2. The summed E-state index contributed by atoms with van der Waals surface area (Å²) in [5.74, 6) is -2.58. The molecule has 0 saturated carbocycles. The van der Waals surface area contributed by atoms with E-state index in [-0.39, 0.29) is 11.1 Å². The first-order chi connectivity index (χ1) is 10.1. The smallest absolute Gasteiger partial charge is 0.274 e. The van der Waals surface area contributed by atoms with E-state index in [0.717, 1.165) is 0 Å². The van der Waals surface area contributed by atoms with Crippen LogP contribution < -0.4 is 10.5 Å². The zero-order chi connectivity index (χ0) is 15.2. The number of halogens is 1. The molecule has 0 bridgehead atoms. The highest BCUT2D eigenvalue weighted by atomic mass is 19.1. The highest BCUT2D eigenvalue weighted by Crippen LogP contribution is 2.05. The zero-order valence-corrected chi connectivity index (χ0v) is 10.7. The molecule has 0 radical (unpaired) electrons. The molecule has 0 atom stereocenters. The van der Waals surface area contributed by atoms with Gasteiger partial charge in [0.15, 0.2) is 0 Å². The fourth-order valence-electron chi connectivity index (χ4n) is 1.58. The average Bonchev–Trinajstić information content (AvgIpc) is 2.48. The molecule has 5 nitrogen and oxygen atoms in total. The van der Waals surface area contributed by atoms with Gasteiger partial charge in [0.25, 0.3) is 5.91 Å². The van der Waals surface area contributed by atoms with Crippen LogP contribution in [0.25, 0.3) is 0 Å². The highest BCUT2D eigenvalue weighted by molar-refractivity contribution is 5.95. The van der Waals surface area contributed by atoms with Gasteiger partial charge in [-0.15, -0.1) is 0 Å². The van der Waals surface area contributed by atoms with Crippen LogP contribution >= 0.6 is 0 Å². The van der Waals surface area contributed by atoms with Gasteiger partial charge in [0.1, 0.15) is 5.82 Å². The summed E-state index contributed by atoms with van der Waals surface area (Å²) in [6.45, 7) is 0. The van der Waals surface area contributed by atoms with Crippen LogP contribution in [0, 0.1) is 5.82 Å². The zero-order valence-electron chi connectivity index (χ0n) is 10.7. The molecule has 6 heteroatoms. The number of carboxylic acids is 1. The summed E-state index contributed by atoms with van der Waals surface area (Å²) in [6, 6.07) is 11.3. The highest BCUT2D eigenvalue weighted by Gasteiger charge is 2.08. The number of hydrazone groups is 1. The van der Waals surface area contributed by atoms with E-state index >= 15 is 0 Å². The van der Waals surface area contributed by atoms with Crippen molar-refractivity contribution in [2.24, 2.45) is 5.10 Å². The standard InChI is InChI=1S/C15H11FN2O3/c16-13-4-2-1-3-12(13)14(19)18-17-9-10-5-7-11(8-6-10)15(20)21/h1-9H,(H,18,19)(H,20,21)/p-1/b17-9-. The number of hydrogen-bond acceptors (Lipinski definition) is 4. The Morgan fingerprint density at radius 1 is 1.10 bits per heavy atom. The first-order valence-corrected chi connectivity index (χ1v) is 5.97. The summed E-state index contributed by atoms with van der Waals surface area (Å²) in [5.41, 5.74) is 2.70. The van der Waals surface area contributed by atoms with Crippen molar-refractivity contribution < 1.29 is 19.1 Å². The van der Waals surface area contributed by atoms with E-state index in [1.54, 1.807) is 6.07 Å². The molecule has 0 heterocycles. The van der Waals surface area contributed by atoms with Gasteiger partial charge in [-0.25, -0.2) is 9.82 Å². The van der Waals surface area contributed by atoms with E-state index in [9.17, 15) is 19.1 Å². The second-order valence-electron chi connectivity index (χ2n) is 4.09. The fourth-order valence-corrected chi connectivity index (χ4v) is 1.58. The van der Waals surface area contributed by atoms with Crippen molar-refractivity contribution in [3.05, 3.63) is 71.0 Å². The molecule has 0 aliphatic rings. The maximum Gasteiger partial charge on any atom is 0.274 e. The fraction of sp³-hybridized carbons (Fsp3) is 0. The molecule has 0 saturated heterocycles. The number of carbonyl (C=O) groups excluding carboxylic acids is 2. The van der Waals surface area contributed by atoms with E-state index in [1.807, 2.05) is 0 Å². The van der Waals surface area contributed by atoms with Gasteiger partial charge in [0.2, 0.25) is 0 Å². The van der Waals surface area contributed by atoms with Crippen LogP contribution in [0.1, 0.15) is 26.3 Å². The summed E-state index contributed by atoms with van der Waals surface area (Å²) >= 11 is 0. The maximum atomic E-state index is 13.3. The Bertz CT molecular complexity index is 696. The molecular weight excluding hydrogens is 275 g/mol. The lowest BCUT2D eigenvalue weighted by Crippen LogP contribution is -2.22. The lowest BCUT2D eigenvalue weighted by Gasteiger charge is -2.02. The van der Waals surface area contributed by atoms with Gasteiger partial charge >= 0.3 is 0 Å². The van der Waals surface area contributed by atoms with Crippen molar-refractivity contribution >= 4 is 18.1 Å². The van der Waals surface area contributed by atoms with Gasteiger partial charge in [0, 0.05) is 0 Å². The lowest BCUT2D eigenvalue weighted by atomic mass is 10.1. The molecule has 106 valence electrons. The predicted molar refractivity (Wildman–Crippen MR) is 72.2 cm³/mol. The van der Waals surface area contributed by atoms with Gasteiger partial charge in [-0.05, 0) is 23.3 Å². The van der Waals surface area contributed by atoms with Crippen molar-refractivity contribution in [1.29, 1.82) is 0 Å². The maximum absolute atomic E-state index is 13.3. The molecule has 0 aliphatic heterocycles. The quantitative estimate of drug-likeness (QED) is 0.671. The SMILES string of the molecule is O=C([O-])c1ccc(/C=N\NC(=O)c2ccccc2F)cc1. The van der Waals surface area contributed by atoms with Gasteiger partial charge in [-0.3, -0.25) is 4.79 Å². The molecule has 2 rings (SSSR count). The minimum Gasteiger partial charge on any atom is -0.545 e. The van der Waals surface area contributed by atoms with Crippen LogP contribution in [0.3, 0.4) is 0 Å². The monoisotopic (exact) mass is 285 g/mol. The summed E-state index contributed by atoms with van der Waals surface area (Å²) in [4.78, 5) is 22.2. The minimum atomic E-state index is -1.27. The molecule has 1 N–H and O–H groups in total. The minimum absolute atomic E-state index is 0.0440. The molecule has 0 fully saturated rings. The second kappa shape index (κ2) is 6.42. The molecule has 0 spiro atoms. The number of amides is 1. The summed E-state index contributed by atoms with van der Waals surface area (Å²) < 4.78 is 13.3. The Kier molecular flexibility index (Phi) is 4.40. The molecule has 1 amide bonds. The van der Waals surface area contributed by atoms with Crippen molar-refractivity contribution in [2.75, 3.05) is 0 Å². The van der Waals surface area contributed by atoms with Gasteiger partial charge in [-0.2, -0.15) is 5.10 Å². The van der Waals surface area contributed by atoms with E-state index in [1.165, 1.54) is 48.7 Å². The number of nitrogens with zero attached hydrogens (tertiary/aromatic N) is 1. The average molecular weight is 285 g/mol. The molecule has 0 aliphatic carbocycles. The van der Waals surface area contributed by atoms with E-state index in [2.05, 4.69) is 10.5 Å². The normalized spacial score (nSPS) is 10.5. The van der Waals surface area contributed by atoms with Gasteiger partial charge < -0.3 is 9.90 Å². The van der Waals surface area contributed by atoms with Crippen LogP contribution in [0.2, 0.25) is 0 Å². The third kappa shape index (κ3) is 3.73. The molecular formula is C15H10FN2O3-. The van der Waals surface area contributed by atoms with Crippen molar-refractivity contribution in [1.82, 2.24) is 5.43 Å². The van der Waals surface area contributed by atoms with Crippen LogP contribution in [-0.2, 0) is 0 Å². The number of hydrogen-bond donors (Lipinski definition) is 1. The summed E-state index contributed by atoms with van der Waals surface area (Å²) in [7, 11) is 0. The first kappa shape index (κ1) is 14.4. The molecule has 2 aromatic carbocycles. The topological polar surface area (TPSA) is 81.6 Å². The molecule has 21 heavy (non-hydrogen) atoms. The number of carboxylic acid groups (broad SMARTS) is 1. The third-order valence-corrected chi connectivity index (χ3v) is 2.64. The van der Waals surface area contributed by atoms with E-state index in [4.69, 9.17) is 0 Å². The molecule has 0 unspecified atom stereocenters.